The number of hydrogen-bond donors (Lipinski definition) is 1. The van der Waals surface area contributed by atoms with Crippen LogP contribution < -0.4 is 0 Å². The molecule has 0 aromatic heterocycles. The summed E-state index contributed by atoms with van der Waals surface area (Å²) in [6.07, 6.45) is 2.10. The smallest absolute Gasteiger partial charge is 0.119 e. The summed E-state index contributed by atoms with van der Waals surface area (Å²) in [5, 5.41) is 16.8. The molecule has 1 aromatic rings. The Kier molecular flexibility index (Phi) is 6.18. The van der Waals surface area contributed by atoms with Gasteiger partial charge in [-0.3, -0.25) is 0 Å². The molecule has 88 valence electrons. The summed E-state index contributed by atoms with van der Waals surface area (Å²) in [4.78, 5) is 4.98. The fraction of sp³-hybridized carbons (Fsp3) is 0.500. The first-order valence-corrected chi connectivity index (χ1v) is 5.59. The van der Waals surface area contributed by atoms with Gasteiger partial charge in [0, 0.05) is 5.28 Å². The van der Waals surface area contributed by atoms with E-state index in [2.05, 4.69) is 10.4 Å². The largest absolute Gasteiger partial charge is 0.393 e. The summed E-state index contributed by atoms with van der Waals surface area (Å²) in [6, 6.07) is 9.42. The Morgan fingerprint density at radius 2 is 2.06 bits per heavy atom. The molecule has 0 saturated carbocycles. The van der Waals surface area contributed by atoms with Crippen LogP contribution in [-0.2, 0) is 4.84 Å². The van der Waals surface area contributed by atoms with E-state index in [1.165, 1.54) is 0 Å². The Labute approximate surface area is 95.9 Å². The molecule has 4 heteroatoms. The monoisotopic (exact) mass is 222 g/mol. The van der Waals surface area contributed by atoms with E-state index in [9.17, 15) is 5.11 Å². The molecule has 1 atom stereocenters. The SMILES string of the molecule is CCC(O)CCCO/N=N/c1ccccc1. The van der Waals surface area contributed by atoms with Crippen molar-refractivity contribution in [2.24, 2.45) is 10.4 Å². The molecule has 1 N–H and O–H groups in total. The minimum absolute atomic E-state index is 0.227. The number of aliphatic hydroxyl groups excluding tert-OH is 1. The lowest BCUT2D eigenvalue weighted by molar-refractivity contribution is 0.0994. The van der Waals surface area contributed by atoms with Crippen molar-refractivity contribution in [3.63, 3.8) is 0 Å². The maximum atomic E-state index is 9.28. The number of rotatable bonds is 7. The standard InChI is InChI=1S/C12H18N2O2/c1-2-12(15)9-6-10-16-14-13-11-7-4-3-5-8-11/h3-5,7-8,12,15H,2,6,9-10H2,1H3/b14-13+. The van der Waals surface area contributed by atoms with Crippen LogP contribution in [0.1, 0.15) is 26.2 Å². The second-order valence-electron chi connectivity index (χ2n) is 3.55. The van der Waals surface area contributed by atoms with Crippen molar-refractivity contribution in [1.29, 1.82) is 0 Å². The first kappa shape index (κ1) is 12.6. The van der Waals surface area contributed by atoms with E-state index in [0.717, 1.165) is 24.9 Å². The molecule has 0 fully saturated rings. The Hall–Kier alpha value is -1.42. The van der Waals surface area contributed by atoms with Crippen LogP contribution in [0.15, 0.2) is 40.7 Å². The van der Waals surface area contributed by atoms with Gasteiger partial charge < -0.3 is 9.94 Å². The Morgan fingerprint density at radius 3 is 2.75 bits per heavy atom. The van der Waals surface area contributed by atoms with Gasteiger partial charge in [0.15, 0.2) is 0 Å². The highest BCUT2D eigenvalue weighted by atomic mass is 16.6. The number of nitrogens with zero attached hydrogens (tertiary/aromatic N) is 2. The summed E-state index contributed by atoms with van der Waals surface area (Å²) >= 11 is 0. The van der Waals surface area contributed by atoms with Gasteiger partial charge >= 0.3 is 0 Å². The fourth-order valence-electron chi connectivity index (χ4n) is 1.20. The Balaban J connectivity index is 2.09. The lowest BCUT2D eigenvalue weighted by Gasteiger charge is -2.05. The van der Waals surface area contributed by atoms with Gasteiger partial charge in [0.1, 0.15) is 6.61 Å². The molecule has 0 heterocycles. The number of hydrogen-bond acceptors (Lipinski definition) is 4. The predicted octanol–water partition coefficient (Wildman–Crippen LogP) is 3.25. The number of aliphatic hydroxyl groups is 1. The van der Waals surface area contributed by atoms with Crippen LogP contribution in [0.4, 0.5) is 5.69 Å². The number of benzene rings is 1. The van der Waals surface area contributed by atoms with Crippen LogP contribution in [0.5, 0.6) is 0 Å². The summed E-state index contributed by atoms with van der Waals surface area (Å²) in [5.41, 5.74) is 0.774. The molecule has 1 unspecified atom stereocenters. The molecular weight excluding hydrogens is 204 g/mol. The van der Waals surface area contributed by atoms with Gasteiger partial charge in [0.25, 0.3) is 0 Å². The quantitative estimate of drug-likeness (QED) is 0.437. The highest BCUT2D eigenvalue weighted by molar-refractivity contribution is 5.34. The average Bonchev–Trinajstić information content (AvgIpc) is 2.34. The van der Waals surface area contributed by atoms with Crippen molar-refractivity contribution in [1.82, 2.24) is 0 Å². The van der Waals surface area contributed by atoms with Crippen LogP contribution in [-0.4, -0.2) is 17.8 Å². The maximum Gasteiger partial charge on any atom is 0.119 e. The van der Waals surface area contributed by atoms with Gasteiger partial charge in [-0.25, -0.2) is 0 Å². The van der Waals surface area contributed by atoms with Gasteiger partial charge in [-0.15, -0.1) is 5.11 Å². The van der Waals surface area contributed by atoms with E-state index in [-0.39, 0.29) is 6.10 Å². The predicted molar refractivity (Wildman–Crippen MR) is 62.4 cm³/mol. The van der Waals surface area contributed by atoms with Crippen LogP contribution in [0.2, 0.25) is 0 Å². The first-order chi connectivity index (χ1) is 7.83. The average molecular weight is 222 g/mol. The van der Waals surface area contributed by atoms with Crippen molar-refractivity contribution in [2.45, 2.75) is 32.3 Å². The van der Waals surface area contributed by atoms with Crippen molar-refractivity contribution in [3.8, 4) is 0 Å². The minimum atomic E-state index is -0.227. The Bertz CT molecular complexity index is 301. The summed E-state index contributed by atoms with van der Waals surface area (Å²) in [6.45, 7) is 2.45. The van der Waals surface area contributed by atoms with Crippen LogP contribution >= 0.6 is 0 Å². The van der Waals surface area contributed by atoms with Gasteiger partial charge in [0.2, 0.25) is 0 Å². The first-order valence-electron chi connectivity index (χ1n) is 5.59. The van der Waals surface area contributed by atoms with Crippen LogP contribution in [0, 0.1) is 0 Å². The molecule has 0 amide bonds. The van der Waals surface area contributed by atoms with Crippen molar-refractivity contribution >= 4 is 5.69 Å². The molecule has 0 radical (unpaired) electrons. The fourth-order valence-corrected chi connectivity index (χ4v) is 1.20. The maximum absolute atomic E-state index is 9.28. The molecule has 4 nitrogen and oxygen atoms in total. The van der Waals surface area contributed by atoms with E-state index < -0.39 is 0 Å². The van der Waals surface area contributed by atoms with Crippen molar-refractivity contribution < 1.29 is 9.94 Å². The van der Waals surface area contributed by atoms with E-state index >= 15 is 0 Å². The van der Waals surface area contributed by atoms with Crippen LogP contribution in [0.3, 0.4) is 0 Å². The molecule has 0 spiro atoms. The third-order valence-electron chi connectivity index (χ3n) is 2.21. The van der Waals surface area contributed by atoms with E-state index in [4.69, 9.17) is 4.84 Å². The molecular formula is C12H18N2O2. The van der Waals surface area contributed by atoms with E-state index in [0.29, 0.717) is 6.61 Å². The third-order valence-corrected chi connectivity index (χ3v) is 2.21. The molecule has 0 aliphatic heterocycles. The normalized spacial score (nSPS) is 12.9. The van der Waals surface area contributed by atoms with Gasteiger partial charge in [-0.2, -0.15) is 0 Å². The lowest BCUT2D eigenvalue weighted by Crippen LogP contribution is -2.05. The molecule has 0 aliphatic carbocycles. The molecule has 16 heavy (non-hydrogen) atoms. The van der Waals surface area contributed by atoms with Crippen molar-refractivity contribution in [2.75, 3.05) is 6.61 Å². The second kappa shape index (κ2) is 7.82. The summed E-state index contributed by atoms with van der Waals surface area (Å²) in [7, 11) is 0. The lowest BCUT2D eigenvalue weighted by atomic mass is 10.2. The zero-order valence-corrected chi connectivity index (χ0v) is 9.54. The highest BCUT2D eigenvalue weighted by Crippen LogP contribution is 2.10. The molecule has 0 aliphatic rings. The summed E-state index contributed by atoms with van der Waals surface area (Å²) in [5.74, 6) is 0. The molecule has 1 aromatic carbocycles. The van der Waals surface area contributed by atoms with Gasteiger partial charge in [-0.1, -0.05) is 25.1 Å². The minimum Gasteiger partial charge on any atom is -0.393 e. The van der Waals surface area contributed by atoms with Crippen molar-refractivity contribution in [3.05, 3.63) is 30.3 Å². The zero-order chi connectivity index (χ0) is 11.6. The summed E-state index contributed by atoms with van der Waals surface area (Å²) < 4.78 is 0. The van der Waals surface area contributed by atoms with Crippen LogP contribution in [0.25, 0.3) is 0 Å². The Morgan fingerprint density at radius 1 is 1.31 bits per heavy atom. The van der Waals surface area contributed by atoms with Gasteiger partial charge in [0.05, 0.1) is 11.8 Å². The van der Waals surface area contributed by atoms with Gasteiger partial charge in [-0.05, 0) is 31.4 Å². The highest BCUT2D eigenvalue weighted by Gasteiger charge is 1.99. The van der Waals surface area contributed by atoms with E-state index in [1.807, 2.05) is 37.3 Å². The molecule has 1 rings (SSSR count). The zero-order valence-electron chi connectivity index (χ0n) is 9.54. The topological polar surface area (TPSA) is 54.2 Å². The molecule has 0 bridgehead atoms. The second-order valence-corrected chi connectivity index (χ2v) is 3.55. The third kappa shape index (κ3) is 5.46. The molecule has 0 saturated heterocycles. The van der Waals surface area contributed by atoms with E-state index in [1.54, 1.807) is 0 Å².